The highest BCUT2D eigenvalue weighted by Gasteiger charge is 2.13. The Bertz CT molecular complexity index is 630. The minimum absolute atomic E-state index is 0.0936. The molecule has 1 atom stereocenters. The van der Waals surface area contributed by atoms with Crippen LogP contribution in [-0.4, -0.2) is 20.7 Å². The minimum atomic E-state index is -0.845. The number of nitrogens with zero attached hydrogens (tertiary/aromatic N) is 2. The van der Waals surface area contributed by atoms with E-state index in [0.717, 1.165) is 18.3 Å². The van der Waals surface area contributed by atoms with Gasteiger partial charge in [-0.2, -0.15) is 0 Å². The predicted molar refractivity (Wildman–Crippen MR) is 75.5 cm³/mol. The second-order valence-corrected chi connectivity index (χ2v) is 5.37. The average Bonchev–Trinajstić information content (AvgIpc) is 2.44. The van der Waals surface area contributed by atoms with Crippen LogP contribution in [0.3, 0.4) is 0 Å². The number of hydrogen-bond acceptors (Lipinski definition) is 4. The van der Waals surface area contributed by atoms with E-state index >= 15 is 0 Å². The quantitative estimate of drug-likeness (QED) is 0.853. The van der Waals surface area contributed by atoms with Gasteiger partial charge in [-0.05, 0) is 19.1 Å². The Balaban J connectivity index is 2.11. The van der Waals surface area contributed by atoms with Gasteiger partial charge >= 0.3 is 0 Å². The SMILES string of the molecule is CC(Br)C(=O)Nc1cnc(Oc2c(F)cccc2F)cn1. The van der Waals surface area contributed by atoms with E-state index in [2.05, 4.69) is 31.2 Å². The van der Waals surface area contributed by atoms with Gasteiger partial charge in [0.05, 0.1) is 17.2 Å². The van der Waals surface area contributed by atoms with Crippen LogP contribution >= 0.6 is 15.9 Å². The molecule has 110 valence electrons. The highest BCUT2D eigenvalue weighted by molar-refractivity contribution is 9.10. The van der Waals surface area contributed by atoms with Gasteiger partial charge in [-0.1, -0.05) is 22.0 Å². The van der Waals surface area contributed by atoms with Crippen molar-refractivity contribution in [2.24, 2.45) is 0 Å². The molecule has 0 saturated heterocycles. The van der Waals surface area contributed by atoms with Crippen molar-refractivity contribution in [1.82, 2.24) is 9.97 Å². The largest absolute Gasteiger partial charge is 0.431 e. The molecule has 0 aliphatic heterocycles. The molecule has 8 heteroatoms. The summed E-state index contributed by atoms with van der Waals surface area (Å²) in [5.41, 5.74) is 0. The molecule has 1 unspecified atom stereocenters. The van der Waals surface area contributed by atoms with E-state index in [0.29, 0.717) is 0 Å². The molecule has 0 aliphatic carbocycles. The number of nitrogens with one attached hydrogen (secondary N) is 1. The van der Waals surface area contributed by atoms with Crippen LogP contribution in [0.2, 0.25) is 0 Å². The first-order valence-electron chi connectivity index (χ1n) is 5.86. The highest BCUT2D eigenvalue weighted by atomic mass is 79.9. The van der Waals surface area contributed by atoms with Crippen LogP contribution in [-0.2, 0) is 4.79 Å². The van der Waals surface area contributed by atoms with Crippen molar-refractivity contribution >= 4 is 27.7 Å². The van der Waals surface area contributed by atoms with Crippen molar-refractivity contribution in [3.8, 4) is 11.6 Å². The summed E-state index contributed by atoms with van der Waals surface area (Å²) >= 11 is 3.10. The second kappa shape index (κ2) is 6.57. The summed E-state index contributed by atoms with van der Waals surface area (Å²) in [6.07, 6.45) is 2.38. The molecule has 0 bridgehead atoms. The van der Waals surface area contributed by atoms with Gasteiger partial charge in [0.2, 0.25) is 17.5 Å². The summed E-state index contributed by atoms with van der Waals surface area (Å²) in [7, 11) is 0. The fourth-order valence-electron chi connectivity index (χ4n) is 1.34. The Morgan fingerprint density at radius 2 is 1.95 bits per heavy atom. The molecule has 1 N–H and O–H groups in total. The molecular weight excluding hydrogens is 348 g/mol. The van der Waals surface area contributed by atoms with Crippen molar-refractivity contribution in [2.45, 2.75) is 11.8 Å². The van der Waals surface area contributed by atoms with Crippen molar-refractivity contribution < 1.29 is 18.3 Å². The van der Waals surface area contributed by atoms with Crippen molar-refractivity contribution in [1.29, 1.82) is 0 Å². The van der Waals surface area contributed by atoms with Gasteiger partial charge < -0.3 is 10.1 Å². The summed E-state index contributed by atoms with van der Waals surface area (Å²) in [6, 6.07) is 3.36. The molecule has 1 amide bonds. The third kappa shape index (κ3) is 3.94. The molecule has 2 aromatic rings. The van der Waals surface area contributed by atoms with Crippen LogP contribution < -0.4 is 10.1 Å². The van der Waals surface area contributed by atoms with Gasteiger partial charge in [-0.15, -0.1) is 0 Å². The van der Waals surface area contributed by atoms with E-state index in [-0.39, 0.29) is 22.4 Å². The van der Waals surface area contributed by atoms with Gasteiger partial charge in [-0.3, -0.25) is 4.79 Å². The van der Waals surface area contributed by atoms with Crippen molar-refractivity contribution in [2.75, 3.05) is 5.32 Å². The molecule has 0 aliphatic rings. The number of anilines is 1. The fourth-order valence-corrected chi connectivity index (χ4v) is 1.46. The molecular formula is C13H10BrF2N3O2. The first-order chi connectivity index (χ1) is 9.97. The zero-order valence-electron chi connectivity index (χ0n) is 10.8. The summed E-state index contributed by atoms with van der Waals surface area (Å²) in [6.45, 7) is 1.65. The number of rotatable bonds is 4. The minimum Gasteiger partial charge on any atom is -0.431 e. The molecule has 5 nitrogen and oxygen atoms in total. The van der Waals surface area contributed by atoms with E-state index in [9.17, 15) is 13.6 Å². The van der Waals surface area contributed by atoms with E-state index < -0.39 is 17.4 Å². The second-order valence-electron chi connectivity index (χ2n) is 4.00. The molecule has 0 radical (unpaired) electrons. The number of amides is 1. The lowest BCUT2D eigenvalue weighted by molar-refractivity contribution is -0.115. The Hall–Kier alpha value is -2.09. The number of carbonyl (C=O) groups is 1. The molecule has 1 aromatic heterocycles. The lowest BCUT2D eigenvalue weighted by atomic mass is 10.3. The molecule has 0 saturated carbocycles. The number of carbonyl (C=O) groups excluding carboxylic acids is 1. The lowest BCUT2D eigenvalue weighted by Gasteiger charge is -2.08. The smallest absolute Gasteiger partial charge is 0.239 e. The Kier molecular flexibility index (Phi) is 4.79. The molecule has 21 heavy (non-hydrogen) atoms. The molecule has 0 spiro atoms. The monoisotopic (exact) mass is 357 g/mol. The van der Waals surface area contributed by atoms with E-state index in [1.165, 1.54) is 12.3 Å². The standard InChI is InChI=1S/C13H10BrF2N3O2/c1-7(14)13(20)19-10-5-18-11(6-17-10)21-12-8(15)3-2-4-9(12)16/h2-7H,1H3,(H,17,19,20). The van der Waals surface area contributed by atoms with Crippen molar-refractivity contribution in [3.05, 3.63) is 42.2 Å². The predicted octanol–water partition coefficient (Wildman–Crippen LogP) is 3.27. The van der Waals surface area contributed by atoms with E-state index in [4.69, 9.17) is 4.74 Å². The Labute approximate surface area is 127 Å². The van der Waals surface area contributed by atoms with Gasteiger partial charge in [0.25, 0.3) is 0 Å². The van der Waals surface area contributed by atoms with Gasteiger partial charge in [0, 0.05) is 0 Å². The molecule has 0 fully saturated rings. The maximum Gasteiger partial charge on any atom is 0.239 e. The third-order valence-electron chi connectivity index (χ3n) is 2.37. The first-order valence-corrected chi connectivity index (χ1v) is 6.78. The van der Waals surface area contributed by atoms with Crippen LogP contribution in [0.1, 0.15) is 6.92 Å². The lowest BCUT2D eigenvalue weighted by Crippen LogP contribution is -2.20. The van der Waals surface area contributed by atoms with Crippen LogP contribution in [0.4, 0.5) is 14.6 Å². The third-order valence-corrected chi connectivity index (χ3v) is 2.78. The fraction of sp³-hybridized carbons (Fsp3) is 0.154. The maximum absolute atomic E-state index is 13.4. The Morgan fingerprint density at radius 3 is 2.48 bits per heavy atom. The first kappa shape index (κ1) is 15.3. The van der Waals surface area contributed by atoms with Crippen LogP contribution in [0.25, 0.3) is 0 Å². The number of benzene rings is 1. The normalized spacial score (nSPS) is 11.8. The number of para-hydroxylation sites is 1. The number of ether oxygens (including phenoxy) is 1. The van der Waals surface area contributed by atoms with E-state index in [1.807, 2.05) is 0 Å². The van der Waals surface area contributed by atoms with Gasteiger partial charge in [0.1, 0.15) is 0 Å². The number of halogens is 3. The number of aromatic nitrogens is 2. The summed E-state index contributed by atoms with van der Waals surface area (Å²) < 4.78 is 31.8. The maximum atomic E-state index is 13.4. The number of alkyl halides is 1. The summed E-state index contributed by atoms with van der Waals surface area (Å²) in [5, 5.41) is 2.49. The highest BCUT2D eigenvalue weighted by Crippen LogP contribution is 2.25. The van der Waals surface area contributed by atoms with Crippen LogP contribution in [0, 0.1) is 11.6 Å². The molecule has 2 rings (SSSR count). The van der Waals surface area contributed by atoms with Crippen LogP contribution in [0.15, 0.2) is 30.6 Å². The average molecular weight is 358 g/mol. The van der Waals surface area contributed by atoms with Crippen molar-refractivity contribution in [3.63, 3.8) is 0 Å². The summed E-state index contributed by atoms with van der Waals surface area (Å²) in [4.78, 5) is 18.7. The number of hydrogen-bond donors (Lipinski definition) is 1. The van der Waals surface area contributed by atoms with Gasteiger partial charge in [-0.25, -0.2) is 18.7 Å². The zero-order valence-corrected chi connectivity index (χ0v) is 12.4. The molecule has 1 heterocycles. The van der Waals surface area contributed by atoms with Gasteiger partial charge in [0.15, 0.2) is 17.5 Å². The van der Waals surface area contributed by atoms with Crippen LogP contribution in [0.5, 0.6) is 11.6 Å². The van der Waals surface area contributed by atoms with E-state index in [1.54, 1.807) is 6.92 Å². The Morgan fingerprint density at radius 1 is 1.29 bits per heavy atom. The topological polar surface area (TPSA) is 64.1 Å². The molecule has 1 aromatic carbocycles. The zero-order chi connectivity index (χ0) is 15.4. The summed E-state index contributed by atoms with van der Waals surface area (Å²) in [5.74, 6) is -2.43.